The average Bonchev–Trinajstić information content (AvgIpc) is 2.23. The van der Waals surface area contributed by atoms with Crippen LogP contribution in [-0.2, 0) is 10.0 Å². The van der Waals surface area contributed by atoms with E-state index in [1.165, 1.54) is 0 Å². The van der Waals surface area contributed by atoms with Crippen molar-refractivity contribution >= 4 is 66.4 Å². The van der Waals surface area contributed by atoms with E-state index in [1.54, 1.807) is 12.1 Å². The molecule has 0 saturated heterocycles. The number of unbranched alkanes of at least 4 members (excludes halogenated alkanes) is 1. The summed E-state index contributed by atoms with van der Waals surface area (Å²) in [5.41, 5.74) is 0.201. The van der Waals surface area contributed by atoms with Crippen LogP contribution >= 0.6 is 50.7 Å². The minimum Gasteiger partial charge on any atom is -0.281 e. The summed E-state index contributed by atoms with van der Waals surface area (Å²) in [7, 11) is -3.46. The highest BCUT2D eigenvalue weighted by Crippen LogP contribution is 2.34. The van der Waals surface area contributed by atoms with E-state index in [4.69, 9.17) is 34.8 Å². The highest BCUT2D eigenvalue weighted by molar-refractivity contribution is 9.10. The molecule has 1 N–H and O–H groups in total. The molecule has 3 nitrogen and oxygen atoms in total. The number of halogens is 4. The van der Waals surface area contributed by atoms with Gasteiger partial charge in [0.1, 0.15) is 0 Å². The van der Waals surface area contributed by atoms with E-state index >= 15 is 0 Å². The summed E-state index contributed by atoms with van der Waals surface area (Å²) in [6, 6.07) is 3.15. The summed E-state index contributed by atoms with van der Waals surface area (Å²) < 4.78 is 26.6. The maximum absolute atomic E-state index is 11.8. The molecule has 1 aromatic carbocycles. The van der Waals surface area contributed by atoms with Crippen molar-refractivity contribution in [2.45, 2.75) is 12.8 Å². The van der Waals surface area contributed by atoms with Gasteiger partial charge in [-0.15, -0.1) is 11.6 Å². The van der Waals surface area contributed by atoms with E-state index in [2.05, 4.69) is 20.7 Å². The monoisotopic (exact) mass is 393 g/mol. The molecule has 0 amide bonds. The molecular weight excluding hydrogens is 384 g/mol. The van der Waals surface area contributed by atoms with Gasteiger partial charge in [0.05, 0.1) is 21.5 Å². The largest absolute Gasteiger partial charge is 0.281 e. The zero-order valence-electron chi connectivity index (χ0n) is 9.22. The molecule has 0 aliphatic heterocycles. The number of hydrogen-bond acceptors (Lipinski definition) is 2. The SMILES string of the molecule is O=S(=O)(CCCCCl)Nc1c(Cl)cc(Br)cc1Cl. The fourth-order valence-electron chi connectivity index (χ4n) is 1.23. The molecule has 0 aliphatic carbocycles. The van der Waals surface area contributed by atoms with Crippen molar-refractivity contribution in [2.75, 3.05) is 16.4 Å². The second-order valence-electron chi connectivity index (χ2n) is 3.56. The molecule has 0 aromatic heterocycles. The zero-order valence-corrected chi connectivity index (χ0v) is 13.9. The quantitative estimate of drug-likeness (QED) is 0.569. The van der Waals surface area contributed by atoms with Crippen molar-refractivity contribution in [3.63, 3.8) is 0 Å². The number of alkyl halides is 1. The van der Waals surface area contributed by atoms with Crippen LogP contribution in [0.25, 0.3) is 0 Å². The molecule has 0 spiro atoms. The number of anilines is 1. The Kier molecular flexibility index (Phi) is 6.55. The van der Waals surface area contributed by atoms with Crippen molar-refractivity contribution in [2.24, 2.45) is 0 Å². The van der Waals surface area contributed by atoms with E-state index in [9.17, 15) is 8.42 Å². The molecule has 102 valence electrons. The molecule has 1 rings (SSSR count). The van der Waals surface area contributed by atoms with Crippen LogP contribution in [0.2, 0.25) is 10.0 Å². The van der Waals surface area contributed by atoms with Gasteiger partial charge in [0.25, 0.3) is 0 Å². The van der Waals surface area contributed by atoms with Gasteiger partial charge in [-0.1, -0.05) is 39.1 Å². The van der Waals surface area contributed by atoms with Crippen LogP contribution in [0.3, 0.4) is 0 Å². The van der Waals surface area contributed by atoms with Crippen LogP contribution in [0.5, 0.6) is 0 Å². The van der Waals surface area contributed by atoms with Crippen LogP contribution in [-0.4, -0.2) is 20.1 Å². The molecule has 0 radical (unpaired) electrons. The molecule has 0 bridgehead atoms. The van der Waals surface area contributed by atoms with Crippen molar-refractivity contribution < 1.29 is 8.42 Å². The Morgan fingerprint density at radius 2 is 1.72 bits per heavy atom. The van der Waals surface area contributed by atoms with Gasteiger partial charge in [0.2, 0.25) is 10.0 Å². The first-order valence-corrected chi connectivity index (χ1v) is 8.80. The van der Waals surface area contributed by atoms with E-state index in [1.807, 2.05) is 0 Å². The Morgan fingerprint density at radius 1 is 1.17 bits per heavy atom. The normalized spacial score (nSPS) is 11.6. The average molecular weight is 396 g/mol. The topological polar surface area (TPSA) is 46.2 Å². The first kappa shape index (κ1) is 16.4. The Bertz CT molecular complexity index is 499. The number of sulfonamides is 1. The summed E-state index contributed by atoms with van der Waals surface area (Å²) >= 11 is 20.6. The van der Waals surface area contributed by atoms with Crippen LogP contribution in [0.4, 0.5) is 5.69 Å². The predicted molar refractivity (Wildman–Crippen MR) is 81.5 cm³/mol. The van der Waals surface area contributed by atoms with Crippen LogP contribution < -0.4 is 4.72 Å². The van der Waals surface area contributed by atoms with E-state index < -0.39 is 10.0 Å². The lowest BCUT2D eigenvalue weighted by atomic mass is 10.3. The third-order valence-electron chi connectivity index (χ3n) is 2.06. The first-order chi connectivity index (χ1) is 8.35. The van der Waals surface area contributed by atoms with Gasteiger partial charge in [0, 0.05) is 10.4 Å². The second-order valence-corrected chi connectivity index (χ2v) is 7.51. The Balaban J connectivity index is 2.84. The second kappa shape index (κ2) is 7.20. The number of benzene rings is 1. The summed E-state index contributed by atoms with van der Waals surface area (Å²) in [5.74, 6) is 0.428. The molecule has 0 fully saturated rings. The van der Waals surface area contributed by atoms with E-state index in [-0.39, 0.29) is 21.5 Å². The maximum atomic E-state index is 11.8. The third-order valence-corrected chi connectivity index (χ3v) is 4.72. The Morgan fingerprint density at radius 3 is 2.22 bits per heavy atom. The van der Waals surface area contributed by atoms with Gasteiger partial charge in [-0.3, -0.25) is 4.72 Å². The van der Waals surface area contributed by atoms with Crippen LogP contribution in [0.15, 0.2) is 16.6 Å². The van der Waals surface area contributed by atoms with Gasteiger partial charge in [-0.2, -0.15) is 0 Å². The highest BCUT2D eigenvalue weighted by atomic mass is 79.9. The van der Waals surface area contributed by atoms with Crippen LogP contribution in [0.1, 0.15) is 12.8 Å². The van der Waals surface area contributed by atoms with Gasteiger partial charge >= 0.3 is 0 Å². The van der Waals surface area contributed by atoms with Gasteiger partial charge < -0.3 is 0 Å². The summed E-state index contributed by atoms with van der Waals surface area (Å²) in [6.07, 6.45) is 1.13. The van der Waals surface area contributed by atoms with Crippen molar-refractivity contribution in [3.05, 3.63) is 26.7 Å². The summed E-state index contributed by atoms with van der Waals surface area (Å²) in [6.45, 7) is 0. The van der Waals surface area contributed by atoms with Gasteiger partial charge in [-0.05, 0) is 25.0 Å². The first-order valence-electron chi connectivity index (χ1n) is 5.07. The molecule has 0 saturated carbocycles. The lowest BCUT2D eigenvalue weighted by Crippen LogP contribution is -2.17. The lowest BCUT2D eigenvalue weighted by Gasteiger charge is -2.11. The molecule has 0 unspecified atom stereocenters. The van der Waals surface area contributed by atoms with Crippen molar-refractivity contribution in [3.8, 4) is 0 Å². The van der Waals surface area contributed by atoms with E-state index in [0.717, 1.165) is 0 Å². The predicted octanol–water partition coefficient (Wildman–Crippen LogP) is 4.52. The highest BCUT2D eigenvalue weighted by Gasteiger charge is 2.15. The van der Waals surface area contributed by atoms with Crippen LogP contribution in [0, 0.1) is 0 Å². The number of hydrogen-bond donors (Lipinski definition) is 1. The summed E-state index contributed by atoms with van der Waals surface area (Å²) in [5, 5.41) is 0.491. The minimum absolute atomic E-state index is 0.0115. The third kappa shape index (κ3) is 5.13. The molecule has 0 heterocycles. The van der Waals surface area contributed by atoms with Crippen molar-refractivity contribution in [1.82, 2.24) is 0 Å². The van der Waals surface area contributed by atoms with E-state index in [0.29, 0.717) is 23.2 Å². The Hall–Kier alpha value is 0.320. The smallest absolute Gasteiger partial charge is 0.232 e. The minimum atomic E-state index is -3.46. The number of rotatable bonds is 6. The number of nitrogens with one attached hydrogen (secondary N) is 1. The molecule has 0 atom stereocenters. The molecule has 18 heavy (non-hydrogen) atoms. The molecule has 8 heteroatoms. The summed E-state index contributed by atoms with van der Waals surface area (Å²) in [4.78, 5) is 0. The standard InChI is InChI=1S/C10H11BrCl3NO2S/c11-7-5-8(13)10(9(14)6-7)15-18(16,17)4-2-1-3-12/h5-6,15H,1-4H2. The molecule has 0 aliphatic rings. The van der Waals surface area contributed by atoms with Crippen molar-refractivity contribution in [1.29, 1.82) is 0 Å². The molecular formula is C10H11BrCl3NO2S. The van der Waals surface area contributed by atoms with Gasteiger partial charge in [0.15, 0.2) is 0 Å². The fraction of sp³-hybridized carbons (Fsp3) is 0.400. The van der Waals surface area contributed by atoms with Gasteiger partial charge in [-0.25, -0.2) is 8.42 Å². The fourth-order valence-corrected chi connectivity index (χ4v) is 4.05. The Labute approximate surface area is 130 Å². The lowest BCUT2D eigenvalue weighted by molar-refractivity contribution is 0.598. The maximum Gasteiger partial charge on any atom is 0.232 e. The molecule has 1 aromatic rings. The zero-order chi connectivity index (χ0) is 13.8.